The zero-order valence-electron chi connectivity index (χ0n) is 16.2. The van der Waals surface area contributed by atoms with Gasteiger partial charge in [0, 0.05) is 0 Å². The Morgan fingerprint density at radius 2 is 0.867 bits per heavy atom. The largest absolute Gasteiger partial charge is 0.0616 e. The Labute approximate surface area is 172 Å². The topological polar surface area (TPSA) is 0 Å². The normalized spacial score (nSPS) is 12.7. The van der Waals surface area contributed by atoms with Crippen LogP contribution in [0.25, 0.3) is 75.4 Å². The SMILES string of the molecule is c1ccc2c(c1)cc1cc3c4ccccc4c4cccc5cc6ccc2c1c6c3c54. The molecule has 0 saturated carbocycles. The lowest BCUT2D eigenvalue weighted by Crippen LogP contribution is -1.91. The number of benzene rings is 8. The van der Waals surface area contributed by atoms with Crippen molar-refractivity contribution in [2.45, 2.75) is 0 Å². The zero-order valence-corrected chi connectivity index (χ0v) is 16.2. The average molecular weight is 376 g/mol. The number of hydrogen-bond donors (Lipinski definition) is 0. The van der Waals surface area contributed by atoms with Gasteiger partial charge in [0.2, 0.25) is 0 Å². The van der Waals surface area contributed by atoms with Crippen LogP contribution in [0.2, 0.25) is 0 Å². The molecule has 0 spiro atoms. The van der Waals surface area contributed by atoms with E-state index in [1.54, 1.807) is 0 Å². The third-order valence-corrected chi connectivity index (χ3v) is 7.07. The van der Waals surface area contributed by atoms with Gasteiger partial charge in [-0.1, -0.05) is 78.9 Å². The van der Waals surface area contributed by atoms with Gasteiger partial charge in [-0.15, -0.1) is 0 Å². The molecule has 0 aliphatic rings. The van der Waals surface area contributed by atoms with Crippen LogP contribution < -0.4 is 0 Å². The minimum atomic E-state index is 1.31. The standard InChI is InChI=1S/C30H16/c1-2-8-21-17(6-1)14-20-16-26-23-10-4-3-9-22(23)24-11-5-7-18-15-19-12-13-25(21)28(20)29(19)30(26)27(18)24/h1-16H. The number of fused-ring (bicyclic) bond motifs is 5. The lowest BCUT2D eigenvalue weighted by molar-refractivity contribution is 1.79. The smallest absolute Gasteiger partial charge is 0.000763 e. The fraction of sp³-hybridized carbons (Fsp3) is 0. The summed E-state index contributed by atoms with van der Waals surface area (Å²) in [5.74, 6) is 0. The zero-order chi connectivity index (χ0) is 19.4. The minimum absolute atomic E-state index is 1.31. The summed E-state index contributed by atoms with van der Waals surface area (Å²) >= 11 is 0. The Balaban J connectivity index is 1.84. The maximum absolute atomic E-state index is 2.44. The van der Waals surface area contributed by atoms with Crippen molar-refractivity contribution < 1.29 is 0 Å². The van der Waals surface area contributed by atoms with Gasteiger partial charge in [-0.05, 0) is 93.6 Å². The molecule has 0 aromatic heterocycles. The van der Waals surface area contributed by atoms with E-state index in [9.17, 15) is 0 Å². The lowest BCUT2D eigenvalue weighted by atomic mass is 9.83. The van der Waals surface area contributed by atoms with E-state index in [1.807, 2.05) is 0 Å². The molecule has 0 heterocycles. The van der Waals surface area contributed by atoms with Gasteiger partial charge >= 0.3 is 0 Å². The predicted octanol–water partition coefficient (Wildman–Crippen LogP) is 8.63. The summed E-state index contributed by atoms with van der Waals surface area (Å²) in [6, 6.07) is 36.2. The molecular weight excluding hydrogens is 360 g/mol. The summed E-state index contributed by atoms with van der Waals surface area (Å²) in [6.07, 6.45) is 0. The molecule has 0 saturated heterocycles. The molecule has 0 fully saturated rings. The van der Waals surface area contributed by atoms with Crippen LogP contribution in [0.5, 0.6) is 0 Å². The van der Waals surface area contributed by atoms with Crippen molar-refractivity contribution in [3.8, 4) is 0 Å². The van der Waals surface area contributed by atoms with Crippen molar-refractivity contribution >= 4 is 75.4 Å². The van der Waals surface area contributed by atoms with Crippen molar-refractivity contribution in [2.75, 3.05) is 0 Å². The van der Waals surface area contributed by atoms with Crippen LogP contribution in [-0.2, 0) is 0 Å². The van der Waals surface area contributed by atoms with Crippen molar-refractivity contribution in [3.05, 3.63) is 97.1 Å². The highest BCUT2D eigenvalue weighted by Crippen LogP contribution is 2.47. The molecule has 8 aromatic carbocycles. The Kier molecular flexibility index (Phi) is 2.49. The number of hydrogen-bond acceptors (Lipinski definition) is 0. The van der Waals surface area contributed by atoms with Gasteiger partial charge in [-0.25, -0.2) is 0 Å². The summed E-state index contributed by atoms with van der Waals surface area (Å²) in [5.41, 5.74) is 0. The molecule has 0 atom stereocenters. The van der Waals surface area contributed by atoms with E-state index in [4.69, 9.17) is 0 Å². The summed E-state index contributed by atoms with van der Waals surface area (Å²) < 4.78 is 0. The van der Waals surface area contributed by atoms with E-state index in [1.165, 1.54) is 75.4 Å². The van der Waals surface area contributed by atoms with E-state index in [2.05, 4.69) is 97.1 Å². The summed E-state index contributed by atoms with van der Waals surface area (Å²) in [6.45, 7) is 0. The van der Waals surface area contributed by atoms with Gasteiger partial charge in [0.05, 0.1) is 0 Å². The first-order valence-electron chi connectivity index (χ1n) is 10.5. The molecule has 8 rings (SSSR count). The molecule has 0 aliphatic heterocycles. The summed E-state index contributed by atoms with van der Waals surface area (Å²) in [7, 11) is 0. The molecule has 0 N–H and O–H groups in total. The van der Waals surface area contributed by atoms with Crippen LogP contribution in [0.4, 0.5) is 0 Å². The van der Waals surface area contributed by atoms with E-state index in [0.29, 0.717) is 0 Å². The Morgan fingerprint density at radius 3 is 1.77 bits per heavy atom. The summed E-state index contributed by atoms with van der Waals surface area (Å²) in [4.78, 5) is 0. The van der Waals surface area contributed by atoms with Crippen molar-refractivity contribution in [2.24, 2.45) is 0 Å². The van der Waals surface area contributed by atoms with Crippen LogP contribution in [0, 0.1) is 0 Å². The molecule has 0 unspecified atom stereocenters. The molecule has 0 aliphatic carbocycles. The van der Waals surface area contributed by atoms with Crippen LogP contribution >= 0.6 is 0 Å². The minimum Gasteiger partial charge on any atom is -0.0616 e. The van der Waals surface area contributed by atoms with Crippen molar-refractivity contribution in [1.29, 1.82) is 0 Å². The van der Waals surface area contributed by atoms with Crippen LogP contribution in [0.15, 0.2) is 97.1 Å². The highest BCUT2D eigenvalue weighted by Gasteiger charge is 2.19. The van der Waals surface area contributed by atoms with Crippen LogP contribution in [0.1, 0.15) is 0 Å². The Bertz CT molecular complexity index is 1940. The quantitative estimate of drug-likeness (QED) is 0.183. The number of rotatable bonds is 0. The summed E-state index contributed by atoms with van der Waals surface area (Å²) in [5, 5.41) is 19.1. The first-order chi connectivity index (χ1) is 14.9. The molecule has 30 heavy (non-hydrogen) atoms. The predicted molar refractivity (Wildman–Crippen MR) is 131 cm³/mol. The fourth-order valence-corrected chi connectivity index (χ4v) is 5.90. The third-order valence-electron chi connectivity index (χ3n) is 7.07. The molecule has 0 bridgehead atoms. The van der Waals surface area contributed by atoms with E-state index >= 15 is 0 Å². The van der Waals surface area contributed by atoms with Gasteiger partial charge in [0.1, 0.15) is 0 Å². The lowest BCUT2D eigenvalue weighted by Gasteiger charge is -2.20. The molecule has 0 amide bonds. The Hall–Kier alpha value is -3.90. The van der Waals surface area contributed by atoms with Gasteiger partial charge in [0.25, 0.3) is 0 Å². The molecule has 0 heteroatoms. The van der Waals surface area contributed by atoms with Crippen LogP contribution in [-0.4, -0.2) is 0 Å². The second kappa shape index (κ2) is 4.98. The molecule has 136 valence electrons. The molecular formula is C30H16. The maximum atomic E-state index is 2.44. The van der Waals surface area contributed by atoms with Gasteiger partial charge in [-0.2, -0.15) is 0 Å². The van der Waals surface area contributed by atoms with E-state index in [0.717, 1.165) is 0 Å². The van der Waals surface area contributed by atoms with E-state index in [-0.39, 0.29) is 0 Å². The maximum Gasteiger partial charge on any atom is -0.000763 e. The molecule has 0 nitrogen and oxygen atoms in total. The second-order valence-corrected chi connectivity index (χ2v) is 8.53. The van der Waals surface area contributed by atoms with Crippen molar-refractivity contribution in [3.63, 3.8) is 0 Å². The van der Waals surface area contributed by atoms with Gasteiger partial charge < -0.3 is 0 Å². The molecule has 0 radical (unpaired) electrons. The Morgan fingerprint density at radius 1 is 0.267 bits per heavy atom. The highest BCUT2D eigenvalue weighted by molar-refractivity contribution is 6.43. The van der Waals surface area contributed by atoms with E-state index < -0.39 is 0 Å². The van der Waals surface area contributed by atoms with Crippen LogP contribution in [0.3, 0.4) is 0 Å². The van der Waals surface area contributed by atoms with Crippen molar-refractivity contribution in [1.82, 2.24) is 0 Å². The first-order valence-corrected chi connectivity index (χ1v) is 10.5. The molecule has 8 aromatic rings. The third kappa shape index (κ3) is 1.62. The first kappa shape index (κ1) is 15.0. The highest BCUT2D eigenvalue weighted by atomic mass is 14.2. The van der Waals surface area contributed by atoms with Gasteiger partial charge in [-0.3, -0.25) is 0 Å². The fourth-order valence-electron chi connectivity index (χ4n) is 5.90. The average Bonchev–Trinajstić information content (AvgIpc) is 2.81. The van der Waals surface area contributed by atoms with Gasteiger partial charge in [0.15, 0.2) is 0 Å². The second-order valence-electron chi connectivity index (χ2n) is 8.53. The monoisotopic (exact) mass is 376 g/mol.